The molecule has 1 fully saturated rings. The van der Waals surface area contributed by atoms with E-state index in [-0.39, 0.29) is 0 Å². The van der Waals surface area contributed by atoms with E-state index in [0.717, 1.165) is 32.1 Å². The first-order chi connectivity index (χ1) is 7.81. The molecule has 1 aliphatic rings. The zero-order valence-corrected chi connectivity index (χ0v) is 9.94. The third-order valence-corrected chi connectivity index (χ3v) is 3.04. The summed E-state index contributed by atoms with van der Waals surface area (Å²) in [5.74, 6) is 1.05. The number of nitrogens with zero attached hydrogens (tertiary/aromatic N) is 2. The molecule has 16 heavy (non-hydrogen) atoms. The molecule has 1 unspecified atom stereocenters. The Labute approximate surface area is 96.6 Å². The molecule has 0 spiro atoms. The van der Waals surface area contributed by atoms with E-state index in [4.69, 9.17) is 4.74 Å². The van der Waals surface area contributed by atoms with Gasteiger partial charge in [0.15, 0.2) is 0 Å². The zero-order chi connectivity index (χ0) is 11.4. The van der Waals surface area contributed by atoms with Crippen molar-refractivity contribution in [3.8, 4) is 0 Å². The van der Waals surface area contributed by atoms with E-state index in [9.17, 15) is 0 Å². The summed E-state index contributed by atoms with van der Waals surface area (Å²) in [6.45, 7) is 5.61. The van der Waals surface area contributed by atoms with Crippen molar-refractivity contribution in [3.63, 3.8) is 0 Å². The van der Waals surface area contributed by atoms with E-state index < -0.39 is 0 Å². The van der Waals surface area contributed by atoms with Gasteiger partial charge >= 0.3 is 0 Å². The van der Waals surface area contributed by atoms with Gasteiger partial charge in [-0.25, -0.2) is 4.98 Å². The monoisotopic (exact) mass is 221 g/mol. The van der Waals surface area contributed by atoms with Crippen LogP contribution in [-0.4, -0.2) is 38.3 Å². The van der Waals surface area contributed by atoms with Gasteiger partial charge in [0.1, 0.15) is 5.82 Å². The maximum absolute atomic E-state index is 5.32. The third-order valence-electron chi connectivity index (χ3n) is 3.04. The Hall–Kier alpha value is -1.13. The molecule has 1 atom stereocenters. The van der Waals surface area contributed by atoms with Gasteiger partial charge in [-0.05, 0) is 25.6 Å². The van der Waals surface area contributed by atoms with Crippen LogP contribution in [0.5, 0.6) is 0 Å². The highest BCUT2D eigenvalue weighted by Crippen LogP contribution is 2.16. The van der Waals surface area contributed by atoms with E-state index in [1.165, 1.54) is 5.56 Å². The number of nitrogens with one attached hydrogen (secondary N) is 1. The minimum absolute atomic E-state index is 0.353. The highest BCUT2D eigenvalue weighted by atomic mass is 16.5. The number of pyridine rings is 1. The van der Waals surface area contributed by atoms with E-state index >= 15 is 0 Å². The smallest absolute Gasteiger partial charge is 0.128 e. The van der Waals surface area contributed by atoms with Crippen LogP contribution in [0.2, 0.25) is 0 Å². The summed E-state index contributed by atoms with van der Waals surface area (Å²) in [7, 11) is 1.96. The zero-order valence-electron chi connectivity index (χ0n) is 9.94. The molecular formula is C12H19N3O. The van der Waals surface area contributed by atoms with Crippen LogP contribution in [0.4, 0.5) is 5.82 Å². The van der Waals surface area contributed by atoms with Crippen LogP contribution < -0.4 is 10.2 Å². The Kier molecular flexibility index (Phi) is 3.74. The molecule has 1 aromatic rings. The lowest BCUT2D eigenvalue weighted by molar-refractivity contribution is 0.122. The minimum atomic E-state index is 0.353. The quantitative estimate of drug-likeness (QED) is 0.832. The number of hydrogen-bond donors (Lipinski definition) is 1. The molecular weight excluding hydrogens is 202 g/mol. The average molecular weight is 221 g/mol. The van der Waals surface area contributed by atoms with Gasteiger partial charge in [-0.15, -0.1) is 0 Å². The van der Waals surface area contributed by atoms with Gasteiger partial charge in [-0.3, -0.25) is 0 Å². The van der Waals surface area contributed by atoms with Gasteiger partial charge in [0.05, 0.1) is 13.2 Å². The van der Waals surface area contributed by atoms with Crippen molar-refractivity contribution >= 4 is 5.82 Å². The predicted molar refractivity (Wildman–Crippen MR) is 64.7 cm³/mol. The van der Waals surface area contributed by atoms with Crippen LogP contribution in [0.15, 0.2) is 18.3 Å². The maximum atomic E-state index is 5.32. The van der Waals surface area contributed by atoms with E-state index in [0.29, 0.717) is 6.04 Å². The van der Waals surface area contributed by atoms with Gasteiger partial charge in [-0.2, -0.15) is 0 Å². The van der Waals surface area contributed by atoms with Gasteiger partial charge in [-0.1, -0.05) is 6.07 Å². The summed E-state index contributed by atoms with van der Waals surface area (Å²) in [6.07, 6.45) is 1.95. The second-order valence-corrected chi connectivity index (χ2v) is 4.06. The topological polar surface area (TPSA) is 37.4 Å². The summed E-state index contributed by atoms with van der Waals surface area (Å²) >= 11 is 0. The Morgan fingerprint density at radius 1 is 1.38 bits per heavy atom. The highest BCUT2D eigenvalue weighted by molar-refractivity contribution is 5.40. The van der Waals surface area contributed by atoms with E-state index in [2.05, 4.69) is 34.3 Å². The molecule has 0 saturated carbocycles. The molecule has 2 rings (SSSR count). The molecule has 88 valence electrons. The maximum Gasteiger partial charge on any atom is 0.128 e. The number of anilines is 1. The summed E-state index contributed by atoms with van der Waals surface area (Å²) in [5.41, 5.74) is 1.22. The number of rotatable bonds is 3. The predicted octanol–water partition coefficient (Wildman–Crippen LogP) is 1.20. The summed E-state index contributed by atoms with van der Waals surface area (Å²) in [5, 5.41) is 3.21. The van der Waals surface area contributed by atoms with Crippen LogP contribution in [-0.2, 0) is 4.74 Å². The van der Waals surface area contributed by atoms with Crippen molar-refractivity contribution in [2.24, 2.45) is 0 Å². The standard InChI is InChI=1S/C12H19N3O/c1-10(13-2)11-3-4-12(14-9-11)15-5-7-16-8-6-15/h3-4,9-10,13H,5-8H2,1-2H3. The molecule has 0 radical (unpaired) electrons. The van der Waals surface area contributed by atoms with Gasteiger partial charge in [0.25, 0.3) is 0 Å². The van der Waals surface area contributed by atoms with E-state index in [1.807, 2.05) is 13.2 Å². The largest absolute Gasteiger partial charge is 0.378 e. The Bertz CT molecular complexity index is 320. The lowest BCUT2D eigenvalue weighted by Crippen LogP contribution is -2.36. The molecule has 0 aliphatic carbocycles. The van der Waals surface area contributed by atoms with Crippen LogP contribution in [0.25, 0.3) is 0 Å². The number of aromatic nitrogens is 1. The molecule has 4 nitrogen and oxygen atoms in total. The third kappa shape index (κ3) is 2.51. The van der Waals surface area contributed by atoms with Crippen molar-refractivity contribution in [2.75, 3.05) is 38.3 Å². The van der Waals surface area contributed by atoms with Crippen molar-refractivity contribution in [3.05, 3.63) is 23.9 Å². The lowest BCUT2D eigenvalue weighted by atomic mass is 10.1. The van der Waals surface area contributed by atoms with Crippen LogP contribution >= 0.6 is 0 Å². The second-order valence-electron chi connectivity index (χ2n) is 4.06. The highest BCUT2D eigenvalue weighted by Gasteiger charge is 2.12. The summed E-state index contributed by atoms with van der Waals surface area (Å²) in [6, 6.07) is 4.58. The first kappa shape index (κ1) is 11.4. The molecule has 1 N–H and O–H groups in total. The Balaban J connectivity index is 2.06. The number of hydrogen-bond acceptors (Lipinski definition) is 4. The van der Waals surface area contributed by atoms with Crippen molar-refractivity contribution in [1.82, 2.24) is 10.3 Å². The molecule has 1 saturated heterocycles. The normalized spacial score (nSPS) is 18.5. The molecule has 0 aromatic carbocycles. The Morgan fingerprint density at radius 2 is 2.12 bits per heavy atom. The molecule has 1 aromatic heterocycles. The molecule has 0 amide bonds. The molecule has 0 bridgehead atoms. The SMILES string of the molecule is CNC(C)c1ccc(N2CCOCC2)nc1. The first-order valence-corrected chi connectivity index (χ1v) is 5.77. The number of morpholine rings is 1. The van der Waals surface area contributed by atoms with Crippen molar-refractivity contribution in [1.29, 1.82) is 0 Å². The first-order valence-electron chi connectivity index (χ1n) is 5.77. The molecule has 2 heterocycles. The van der Waals surface area contributed by atoms with E-state index in [1.54, 1.807) is 0 Å². The molecule has 1 aliphatic heterocycles. The second kappa shape index (κ2) is 5.27. The van der Waals surface area contributed by atoms with Crippen molar-refractivity contribution < 1.29 is 4.74 Å². The average Bonchev–Trinajstić information content (AvgIpc) is 2.39. The van der Waals surface area contributed by atoms with Crippen LogP contribution in [0.1, 0.15) is 18.5 Å². The summed E-state index contributed by atoms with van der Waals surface area (Å²) in [4.78, 5) is 6.76. The van der Waals surface area contributed by atoms with Gasteiger partial charge in [0.2, 0.25) is 0 Å². The fourth-order valence-electron chi connectivity index (χ4n) is 1.80. The van der Waals surface area contributed by atoms with Gasteiger partial charge < -0.3 is 15.0 Å². The molecule has 4 heteroatoms. The number of ether oxygens (including phenoxy) is 1. The van der Waals surface area contributed by atoms with Crippen molar-refractivity contribution in [2.45, 2.75) is 13.0 Å². The van der Waals surface area contributed by atoms with Crippen LogP contribution in [0.3, 0.4) is 0 Å². The van der Waals surface area contributed by atoms with Gasteiger partial charge in [0, 0.05) is 25.3 Å². The Morgan fingerprint density at radius 3 is 2.69 bits per heavy atom. The summed E-state index contributed by atoms with van der Waals surface area (Å²) < 4.78 is 5.32. The fraction of sp³-hybridized carbons (Fsp3) is 0.583. The van der Waals surface area contributed by atoms with Crippen LogP contribution in [0, 0.1) is 0 Å². The lowest BCUT2D eigenvalue weighted by Gasteiger charge is -2.28. The minimum Gasteiger partial charge on any atom is -0.378 e. The fourth-order valence-corrected chi connectivity index (χ4v) is 1.80.